The number of amides is 1. The molecule has 3 aromatic rings. The molecule has 4 N–H and O–H groups in total. The number of hydrogen-bond acceptors (Lipinski definition) is 7. The Morgan fingerprint density at radius 1 is 1.21 bits per heavy atom. The van der Waals surface area contributed by atoms with E-state index in [1.807, 2.05) is 0 Å². The van der Waals surface area contributed by atoms with Gasteiger partial charge in [-0.3, -0.25) is 18.7 Å². The van der Waals surface area contributed by atoms with Gasteiger partial charge in [0.15, 0.2) is 0 Å². The SMILES string of the molecule is COc1ccc2cc(N(C3CCN(C(Cc4ccc(C(=N)N)cc4)C(=O)O)C3=O)S(=O)[O-])cc(OC)c2c1. The van der Waals surface area contributed by atoms with Crippen molar-refractivity contribution in [3.05, 3.63) is 65.7 Å². The van der Waals surface area contributed by atoms with Crippen LogP contribution in [0.25, 0.3) is 10.8 Å². The molecule has 3 unspecified atom stereocenters. The molecule has 1 aliphatic heterocycles. The Hall–Kier alpha value is -4.16. The Morgan fingerprint density at radius 3 is 2.50 bits per heavy atom. The summed E-state index contributed by atoms with van der Waals surface area (Å²) in [6, 6.07) is 12.6. The molecule has 0 aliphatic carbocycles. The number of anilines is 1. The van der Waals surface area contributed by atoms with E-state index in [-0.39, 0.29) is 30.9 Å². The summed E-state index contributed by atoms with van der Waals surface area (Å²) in [5, 5.41) is 18.8. The number of carbonyl (C=O) groups is 2. The van der Waals surface area contributed by atoms with E-state index in [4.69, 9.17) is 20.6 Å². The number of nitrogen functional groups attached to an aromatic ring is 1. The number of methoxy groups -OCH3 is 2. The number of benzene rings is 3. The van der Waals surface area contributed by atoms with E-state index < -0.39 is 35.2 Å². The average molecular weight is 540 g/mol. The van der Waals surface area contributed by atoms with E-state index in [1.165, 1.54) is 25.2 Å². The number of fused-ring (bicyclic) bond motifs is 1. The molecule has 1 saturated heterocycles. The number of ether oxygens (including phenoxy) is 2. The zero-order valence-corrected chi connectivity index (χ0v) is 21.6. The number of rotatable bonds is 10. The molecule has 12 heteroatoms. The summed E-state index contributed by atoms with van der Waals surface area (Å²) >= 11 is -2.83. The Bertz CT molecular complexity index is 1410. The summed E-state index contributed by atoms with van der Waals surface area (Å²) in [7, 11) is 2.99. The molecule has 38 heavy (non-hydrogen) atoms. The largest absolute Gasteiger partial charge is 0.755 e. The van der Waals surface area contributed by atoms with Crippen molar-refractivity contribution in [2.75, 3.05) is 25.1 Å². The highest BCUT2D eigenvalue weighted by molar-refractivity contribution is 7.80. The van der Waals surface area contributed by atoms with Gasteiger partial charge in [-0.2, -0.15) is 0 Å². The number of carboxylic acid groups (broad SMARTS) is 1. The molecule has 200 valence electrons. The first kappa shape index (κ1) is 26.9. The molecule has 1 aliphatic rings. The van der Waals surface area contributed by atoms with Crippen LogP contribution in [0.1, 0.15) is 17.5 Å². The predicted octanol–water partition coefficient (Wildman–Crippen LogP) is 2.04. The topological polar surface area (TPSA) is 169 Å². The third-order valence-electron chi connectivity index (χ3n) is 6.59. The van der Waals surface area contributed by atoms with E-state index in [9.17, 15) is 23.5 Å². The second-order valence-corrected chi connectivity index (χ2v) is 9.61. The Labute approximate surface area is 221 Å². The Morgan fingerprint density at radius 2 is 1.92 bits per heavy atom. The zero-order chi connectivity index (χ0) is 27.6. The van der Waals surface area contributed by atoms with Crippen LogP contribution in [0.15, 0.2) is 54.6 Å². The fraction of sp³-hybridized carbons (Fsp3) is 0.269. The van der Waals surface area contributed by atoms with Gasteiger partial charge in [0, 0.05) is 41.2 Å². The molecule has 4 rings (SSSR count). The highest BCUT2D eigenvalue weighted by Crippen LogP contribution is 2.36. The second-order valence-electron chi connectivity index (χ2n) is 8.78. The summed E-state index contributed by atoms with van der Waals surface area (Å²) in [6.45, 7) is 0.0710. The smallest absolute Gasteiger partial charge is 0.326 e. The average Bonchev–Trinajstić information content (AvgIpc) is 3.26. The van der Waals surface area contributed by atoms with Gasteiger partial charge in [0.2, 0.25) is 5.91 Å². The van der Waals surface area contributed by atoms with Gasteiger partial charge in [-0.25, -0.2) is 4.79 Å². The summed E-state index contributed by atoms with van der Waals surface area (Å²) in [5.41, 5.74) is 6.83. The van der Waals surface area contributed by atoms with Crippen molar-refractivity contribution in [2.45, 2.75) is 24.9 Å². The van der Waals surface area contributed by atoms with Crippen molar-refractivity contribution in [2.24, 2.45) is 5.73 Å². The quantitative estimate of drug-likeness (QED) is 0.200. The van der Waals surface area contributed by atoms with Gasteiger partial charge in [-0.05, 0) is 35.6 Å². The number of amidine groups is 1. The van der Waals surface area contributed by atoms with Gasteiger partial charge >= 0.3 is 5.97 Å². The summed E-state index contributed by atoms with van der Waals surface area (Å²) in [6.07, 6.45) is 0.126. The normalized spacial score (nSPS) is 16.8. The first-order valence-electron chi connectivity index (χ1n) is 11.7. The standard InChI is InChI=1S/C26H28N4O7S/c1-36-19-8-7-17-12-18(13-23(37-2)20(17)14-19)30(38(34)35)21-9-10-29(25(21)31)22(26(32)33)11-15-3-5-16(6-4-15)24(27)28/h3-8,12-14,21-22H,9-11H2,1-2H3,(H3,27,28)(H,32,33)(H,34,35)/p-1. The lowest BCUT2D eigenvalue weighted by Gasteiger charge is -2.32. The molecule has 0 saturated carbocycles. The summed E-state index contributed by atoms with van der Waals surface area (Å²) in [5.74, 6) is -0.919. The molecule has 0 aromatic heterocycles. The number of nitrogens with two attached hydrogens (primary N) is 1. The van der Waals surface area contributed by atoms with E-state index >= 15 is 0 Å². The number of carboxylic acids is 1. The number of nitrogens with zero attached hydrogens (tertiary/aromatic N) is 2. The predicted molar refractivity (Wildman–Crippen MR) is 141 cm³/mol. The monoisotopic (exact) mass is 539 g/mol. The van der Waals surface area contributed by atoms with Crippen LogP contribution in [0.5, 0.6) is 11.5 Å². The van der Waals surface area contributed by atoms with Crippen molar-refractivity contribution >= 4 is 45.4 Å². The van der Waals surface area contributed by atoms with E-state index in [1.54, 1.807) is 48.5 Å². The third-order valence-corrected chi connectivity index (χ3v) is 7.38. The molecule has 3 aromatic carbocycles. The van der Waals surface area contributed by atoms with Crippen LogP contribution in [0.3, 0.4) is 0 Å². The molecule has 1 fully saturated rings. The maximum Gasteiger partial charge on any atom is 0.326 e. The fourth-order valence-corrected chi connectivity index (χ4v) is 5.35. The first-order chi connectivity index (χ1) is 18.1. The van der Waals surface area contributed by atoms with Gasteiger partial charge in [-0.1, -0.05) is 30.3 Å². The molecule has 3 atom stereocenters. The zero-order valence-electron chi connectivity index (χ0n) is 20.7. The molecule has 0 radical (unpaired) electrons. The lowest BCUT2D eigenvalue weighted by atomic mass is 10.0. The number of hydrogen-bond donors (Lipinski definition) is 3. The molecule has 1 amide bonds. The van der Waals surface area contributed by atoms with Crippen LogP contribution >= 0.6 is 0 Å². The van der Waals surface area contributed by atoms with Gasteiger partial charge in [0.1, 0.15) is 29.4 Å². The van der Waals surface area contributed by atoms with Crippen LogP contribution in [0, 0.1) is 5.41 Å². The highest BCUT2D eigenvalue weighted by atomic mass is 32.2. The van der Waals surface area contributed by atoms with Crippen molar-refractivity contribution in [3.8, 4) is 11.5 Å². The van der Waals surface area contributed by atoms with Crippen LogP contribution in [0.4, 0.5) is 5.69 Å². The second kappa shape index (κ2) is 11.1. The van der Waals surface area contributed by atoms with Crippen LogP contribution in [-0.2, 0) is 27.3 Å². The fourth-order valence-electron chi connectivity index (χ4n) is 4.67. The maximum absolute atomic E-state index is 13.5. The molecule has 0 bridgehead atoms. The molecule has 11 nitrogen and oxygen atoms in total. The molecular formula is C26H27N4O7S-. The van der Waals surface area contributed by atoms with Crippen molar-refractivity contribution < 1.29 is 32.9 Å². The maximum atomic E-state index is 13.5. The minimum atomic E-state index is -2.83. The third kappa shape index (κ3) is 5.27. The Balaban J connectivity index is 1.64. The minimum absolute atomic E-state index is 0.0120. The lowest BCUT2D eigenvalue weighted by Crippen LogP contribution is -2.48. The van der Waals surface area contributed by atoms with Gasteiger partial charge in [0.05, 0.1) is 19.9 Å². The summed E-state index contributed by atoms with van der Waals surface area (Å²) < 4.78 is 36.5. The molecular weight excluding hydrogens is 512 g/mol. The van der Waals surface area contributed by atoms with Crippen LogP contribution < -0.4 is 19.5 Å². The highest BCUT2D eigenvalue weighted by Gasteiger charge is 2.42. The lowest BCUT2D eigenvalue weighted by molar-refractivity contribution is -0.148. The first-order valence-corrected chi connectivity index (χ1v) is 12.7. The Kier molecular flexibility index (Phi) is 7.83. The number of likely N-dealkylation sites (tertiary alicyclic amines) is 1. The van der Waals surface area contributed by atoms with Crippen molar-refractivity contribution in [1.29, 1.82) is 5.41 Å². The van der Waals surface area contributed by atoms with Gasteiger partial charge in [-0.15, -0.1) is 0 Å². The van der Waals surface area contributed by atoms with E-state index in [0.29, 0.717) is 33.4 Å². The van der Waals surface area contributed by atoms with Gasteiger partial charge in [0.25, 0.3) is 0 Å². The summed E-state index contributed by atoms with van der Waals surface area (Å²) in [4.78, 5) is 26.8. The van der Waals surface area contributed by atoms with Crippen molar-refractivity contribution in [1.82, 2.24) is 4.90 Å². The van der Waals surface area contributed by atoms with Crippen molar-refractivity contribution in [3.63, 3.8) is 0 Å². The van der Waals surface area contributed by atoms with E-state index in [2.05, 4.69) is 0 Å². The van der Waals surface area contributed by atoms with Gasteiger partial charge < -0.3 is 29.8 Å². The molecule has 0 spiro atoms. The van der Waals surface area contributed by atoms with Crippen LogP contribution in [0.2, 0.25) is 0 Å². The minimum Gasteiger partial charge on any atom is -0.755 e. The van der Waals surface area contributed by atoms with Crippen LogP contribution in [-0.4, -0.2) is 69.3 Å². The number of carbonyl (C=O) groups excluding carboxylic acids is 1. The number of aliphatic carboxylic acids is 1. The number of nitrogens with one attached hydrogen (secondary N) is 1. The molecule has 1 heterocycles. The van der Waals surface area contributed by atoms with E-state index in [0.717, 1.165) is 4.31 Å².